The number of carbonyl (C=O) groups is 1. The minimum Gasteiger partial charge on any atom is -0.382 e. The normalized spacial score (nSPS) is 17.1. The topological polar surface area (TPSA) is 120 Å². The largest absolute Gasteiger partial charge is 0.382 e. The highest BCUT2D eigenvalue weighted by Gasteiger charge is 2.29. The third kappa shape index (κ3) is 5.28. The van der Waals surface area contributed by atoms with Crippen LogP contribution in [-0.2, 0) is 5.60 Å². The van der Waals surface area contributed by atoms with Crippen LogP contribution in [0.4, 0.5) is 5.69 Å². The molecule has 2 atom stereocenters. The lowest BCUT2D eigenvalue weighted by molar-refractivity contribution is 0.0663. The number of hydrogen-bond acceptors (Lipinski definition) is 7. The van der Waals surface area contributed by atoms with E-state index in [0.717, 1.165) is 47.1 Å². The third-order valence-corrected chi connectivity index (χ3v) is 7.21. The van der Waals surface area contributed by atoms with Crippen molar-refractivity contribution in [1.82, 2.24) is 30.0 Å². The molecule has 1 aliphatic rings. The lowest BCUT2D eigenvalue weighted by Crippen LogP contribution is -2.44. The van der Waals surface area contributed by atoms with Gasteiger partial charge in [0.2, 0.25) is 0 Å². The number of nitrogens with one attached hydrogen (secondary N) is 2. The van der Waals surface area contributed by atoms with Crippen LogP contribution in [0.1, 0.15) is 49.8 Å². The van der Waals surface area contributed by atoms with Gasteiger partial charge in [-0.1, -0.05) is 17.7 Å². The minimum absolute atomic E-state index is 0.000471. The van der Waals surface area contributed by atoms with E-state index in [4.69, 9.17) is 11.6 Å². The van der Waals surface area contributed by atoms with Crippen molar-refractivity contribution in [2.45, 2.75) is 45.3 Å². The standard InChI is InChI=1S/C27H30ClN7O2/c1-16(18-5-4-8-35(15-18)25(36)20-12-32-33-13-20)34-24-21-9-17(6-7-23(21)29-14-22(24)28)19-10-30-26(31-11-19)27(2,3)37/h6-7,9-14,16,18,37H,4-5,8,15H2,1-3H3,(H,29,34)(H,32,33)/t16-,18?/m1/s1. The second kappa shape index (κ2) is 10.1. The first kappa shape index (κ1) is 25.1. The number of pyridine rings is 1. The SMILES string of the molecule is C[C@@H](Nc1c(Cl)cnc2ccc(-c3cnc(C(C)(C)O)nc3)cc12)C1CCCN(C(=O)c2cn[nH]c2)C1. The number of aromatic nitrogens is 5. The van der Waals surface area contributed by atoms with Crippen LogP contribution < -0.4 is 5.32 Å². The number of benzene rings is 1. The lowest BCUT2D eigenvalue weighted by atomic mass is 9.91. The fourth-order valence-electron chi connectivity index (χ4n) is 4.79. The molecule has 5 rings (SSSR count). The van der Waals surface area contributed by atoms with Gasteiger partial charge in [-0.05, 0) is 57.2 Å². The van der Waals surface area contributed by atoms with Crippen molar-refractivity contribution in [3.63, 3.8) is 0 Å². The average Bonchev–Trinajstić information content (AvgIpc) is 3.44. The van der Waals surface area contributed by atoms with Gasteiger partial charge < -0.3 is 15.3 Å². The average molecular weight is 520 g/mol. The highest BCUT2D eigenvalue weighted by atomic mass is 35.5. The van der Waals surface area contributed by atoms with Crippen LogP contribution in [0.25, 0.3) is 22.0 Å². The van der Waals surface area contributed by atoms with E-state index in [1.54, 1.807) is 44.8 Å². The van der Waals surface area contributed by atoms with Crippen molar-refractivity contribution in [2.24, 2.45) is 5.92 Å². The Morgan fingerprint density at radius 3 is 2.68 bits per heavy atom. The van der Waals surface area contributed by atoms with E-state index in [1.807, 2.05) is 23.1 Å². The van der Waals surface area contributed by atoms with Gasteiger partial charge in [0.05, 0.1) is 28.0 Å². The maximum absolute atomic E-state index is 12.9. The molecule has 192 valence electrons. The molecule has 0 aliphatic carbocycles. The Morgan fingerprint density at radius 1 is 1.19 bits per heavy atom. The zero-order valence-electron chi connectivity index (χ0n) is 21.1. The maximum atomic E-state index is 12.9. The number of carbonyl (C=O) groups excluding carboxylic acids is 1. The van der Waals surface area contributed by atoms with Crippen LogP contribution in [0, 0.1) is 5.92 Å². The zero-order valence-corrected chi connectivity index (χ0v) is 21.8. The van der Waals surface area contributed by atoms with Gasteiger partial charge in [-0.2, -0.15) is 5.10 Å². The number of H-pyrrole nitrogens is 1. The monoisotopic (exact) mass is 519 g/mol. The Balaban J connectivity index is 1.39. The van der Waals surface area contributed by atoms with Crippen molar-refractivity contribution in [3.8, 4) is 11.1 Å². The quantitative estimate of drug-likeness (QED) is 0.339. The summed E-state index contributed by atoms with van der Waals surface area (Å²) < 4.78 is 0. The number of nitrogens with zero attached hydrogens (tertiary/aromatic N) is 5. The van der Waals surface area contributed by atoms with E-state index in [-0.39, 0.29) is 17.9 Å². The first-order valence-electron chi connectivity index (χ1n) is 12.4. The summed E-state index contributed by atoms with van der Waals surface area (Å²) in [7, 11) is 0. The van der Waals surface area contributed by atoms with Crippen molar-refractivity contribution >= 4 is 34.1 Å². The van der Waals surface area contributed by atoms with Gasteiger partial charge in [0, 0.05) is 54.9 Å². The highest BCUT2D eigenvalue weighted by molar-refractivity contribution is 6.34. The predicted octanol–water partition coefficient (Wildman–Crippen LogP) is 4.65. The highest BCUT2D eigenvalue weighted by Crippen LogP contribution is 2.35. The Labute approximate surface area is 220 Å². The van der Waals surface area contributed by atoms with Crippen molar-refractivity contribution in [3.05, 3.63) is 65.6 Å². The fraction of sp³-hybridized carbons (Fsp3) is 0.370. The molecule has 3 aromatic heterocycles. The van der Waals surface area contributed by atoms with Crippen LogP contribution in [0.3, 0.4) is 0 Å². The number of fused-ring (bicyclic) bond motifs is 1. The van der Waals surface area contributed by atoms with Gasteiger partial charge in [-0.3, -0.25) is 14.9 Å². The Bertz CT molecular complexity index is 1400. The van der Waals surface area contributed by atoms with Gasteiger partial charge in [0.1, 0.15) is 5.60 Å². The molecule has 3 N–H and O–H groups in total. The van der Waals surface area contributed by atoms with Crippen LogP contribution in [0.2, 0.25) is 5.02 Å². The minimum atomic E-state index is -1.11. The molecule has 1 aliphatic heterocycles. The molecule has 0 bridgehead atoms. The zero-order chi connectivity index (χ0) is 26.2. The fourth-order valence-corrected chi connectivity index (χ4v) is 4.99. The number of amides is 1. The van der Waals surface area contributed by atoms with E-state index in [1.165, 1.54) is 0 Å². The second-order valence-electron chi connectivity index (χ2n) is 10.1. The molecule has 0 spiro atoms. The summed E-state index contributed by atoms with van der Waals surface area (Å²) in [5.41, 5.74) is 2.85. The van der Waals surface area contributed by atoms with Gasteiger partial charge >= 0.3 is 0 Å². The number of anilines is 1. The van der Waals surface area contributed by atoms with Gasteiger partial charge in [0.15, 0.2) is 5.82 Å². The number of piperidine rings is 1. The molecule has 1 fully saturated rings. The van der Waals surface area contributed by atoms with Crippen molar-refractivity contribution in [2.75, 3.05) is 18.4 Å². The third-order valence-electron chi connectivity index (χ3n) is 6.92. The molecule has 4 heterocycles. The smallest absolute Gasteiger partial charge is 0.257 e. The van der Waals surface area contributed by atoms with Crippen molar-refractivity contribution in [1.29, 1.82) is 0 Å². The number of likely N-dealkylation sites (tertiary alicyclic amines) is 1. The van der Waals surface area contributed by atoms with E-state index in [0.29, 0.717) is 23.0 Å². The number of rotatable bonds is 6. The lowest BCUT2D eigenvalue weighted by Gasteiger charge is -2.36. The second-order valence-corrected chi connectivity index (χ2v) is 10.5. The first-order valence-corrected chi connectivity index (χ1v) is 12.8. The summed E-state index contributed by atoms with van der Waals surface area (Å²) in [6.07, 6.45) is 10.2. The number of halogens is 1. The summed E-state index contributed by atoms with van der Waals surface area (Å²) in [6.45, 7) is 6.85. The molecule has 1 amide bonds. The van der Waals surface area contributed by atoms with Gasteiger partial charge in [-0.15, -0.1) is 0 Å². The Kier molecular flexibility index (Phi) is 6.83. The molecule has 37 heavy (non-hydrogen) atoms. The Hall–Kier alpha value is -3.56. The van der Waals surface area contributed by atoms with E-state index in [9.17, 15) is 9.90 Å². The molecule has 4 aromatic rings. The number of hydrogen-bond donors (Lipinski definition) is 3. The van der Waals surface area contributed by atoms with Crippen molar-refractivity contribution < 1.29 is 9.90 Å². The molecule has 0 saturated carbocycles. The van der Waals surface area contributed by atoms with E-state index >= 15 is 0 Å². The molecular weight excluding hydrogens is 490 g/mol. The van der Waals surface area contributed by atoms with E-state index < -0.39 is 5.60 Å². The molecule has 1 unspecified atom stereocenters. The van der Waals surface area contributed by atoms with Gasteiger partial charge in [0.25, 0.3) is 5.91 Å². The first-order chi connectivity index (χ1) is 17.7. The van der Waals surface area contributed by atoms with Crippen LogP contribution in [0.15, 0.2) is 49.2 Å². The Morgan fingerprint density at radius 2 is 1.97 bits per heavy atom. The molecule has 1 aromatic carbocycles. The maximum Gasteiger partial charge on any atom is 0.257 e. The molecule has 1 saturated heterocycles. The summed E-state index contributed by atoms with van der Waals surface area (Å²) in [5, 5.41) is 21.8. The summed E-state index contributed by atoms with van der Waals surface area (Å²) >= 11 is 6.65. The molecule has 9 nitrogen and oxygen atoms in total. The molecular formula is C27H30ClN7O2. The summed E-state index contributed by atoms with van der Waals surface area (Å²) in [5.74, 6) is 0.626. The van der Waals surface area contributed by atoms with Crippen LogP contribution in [0.5, 0.6) is 0 Å². The predicted molar refractivity (Wildman–Crippen MR) is 143 cm³/mol. The van der Waals surface area contributed by atoms with E-state index in [2.05, 4.69) is 37.4 Å². The molecule has 10 heteroatoms. The summed E-state index contributed by atoms with van der Waals surface area (Å²) in [6, 6.07) is 6.02. The van der Waals surface area contributed by atoms with Crippen LogP contribution >= 0.6 is 11.6 Å². The number of aromatic amines is 1. The number of aliphatic hydroxyl groups is 1. The summed E-state index contributed by atoms with van der Waals surface area (Å²) in [4.78, 5) is 27.9. The van der Waals surface area contributed by atoms with Gasteiger partial charge in [-0.25, -0.2) is 9.97 Å². The molecule has 0 radical (unpaired) electrons. The van der Waals surface area contributed by atoms with Crippen LogP contribution in [-0.4, -0.2) is 60.2 Å².